The number of aryl methyl sites for hydroxylation is 1. The van der Waals surface area contributed by atoms with E-state index in [0.29, 0.717) is 23.6 Å². The predicted molar refractivity (Wildman–Crippen MR) is 183 cm³/mol. The number of thiol groups is 2. The minimum atomic E-state index is -5.39. The Hall–Kier alpha value is -2.38. The summed E-state index contributed by atoms with van der Waals surface area (Å²) < 4.78 is 71.5. The van der Waals surface area contributed by atoms with E-state index in [9.17, 15) is 26.4 Å². The lowest BCUT2D eigenvalue weighted by Gasteiger charge is -2.20. The average Bonchev–Trinajstić information content (AvgIpc) is 3.60. The van der Waals surface area contributed by atoms with Crippen LogP contribution in [0.25, 0.3) is 21.9 Å². The maximum atomic E-state index is 12.7. The molecule has 11 nitrogen and oxygen atoms in total. The number of nitrogens with zero attached hydrogens (tertiary/aromatic N) is 5. The van der Waals surface area contributed by atoms with Crippen LogP contribution in [-0.4, -0.2) is 52.1 Å². The molecule has 0 aliphatic rings. The summed E-state index contributed by atoms with van der Waals surface area (Å²) in [7, 11) is -3.67. The molecule has 248 valence electrons. The summed E-state index contributed by atoms with van der Waals surface area (Å²) in [6.07, 6.45) is 3.16. The molecule has 4 aromatic rings. The van der Waals surface area contributed by atoms with Crippen molar-refractivity contribution in [3.63, 3.8) is 0 Å². The Morgan fingerprint density at radius 3 is 2.29 bits per heavy atom. The summed E-state index contributed by atoms with van der Waals surface area (Å²) in [5.74, 6) is 0.706. The molecular weight excluding hydrogens is 790 g/mol. The molecule has 0 unspecified atom stereocenters. The number of nitriles is 1. The molecule has 0 saturated carbocycles. The number of aromatic nitrogens is 4. The van der Waals surface area contributed by atoms with Crippen molar-refractivity contribution in [2.75, 3.05) is 7.11 Å². The van der Waals surface area contributed by atoms with Crippen LogP contribution in [-0.2, 0) is 25.0 Å². The van der Waals surface area contributed by atoms with Gasteiger partial charge in [0.2, 0.25) is 0 Å². The molecule has 3 heterocycles. The van der Waals surface area contributed by atoms with Crippen molar-refractivity contribution in [3.05, 3.63) is 53.5 Å². The Morgan fingerprint density at radius 1 is 1.18 bits per heavy atom. The van der Waals surface area contributed by atoms with Crippen LogP contribution in [0, 0.1) is 18.3 Å². The van der Waals surface area contributed by atoms with Crippen LogP contribution in [0.3, 0.4) is 0 Å². The van der Waals surface area contributed by atoms with Crippen LogP contribution < -0.4 is 4.74 Å². The maximum Gasteiger partial charge on any atom is 0.524 e. The van der Waals surface area contributed by atoms with E-state index in [4.69, 9.17) is 14.7 Å². The zero-order valence-corrected chi connectivity index (χ0v) is 30.7. The fraction of sp³-hybridized carbons (Fsp3) is 0.385. The number of benzene rings is 1. The Morgan fingerprint density at radius 2 is 1.80 bits per heavy atom. The molecule has 0 bridgehead atoms. The SMILES string of the molecule is CC.COc1cc(C)c2c(ccn2C(=O)OC(C)(C)C)c1Cn1cc2ccc(C#N)nc2n1.O=S(=O)(OSI)C(F)(F)F.SS. The smallest absolute Gasteiger partial charge is 0.496 e. The van der Waals surface area contributed by atoms with Crippen LogP contribution in [0.4, 0.5) is 18.0 Å². The number of carbonyl (C=O) groups excluding carboxylic acids is 1. The van der Waals surface area contributed by atoms with Gasteiger partial charge in [-0.15, -0.1) is 23.3 Å². The molecular formula is C26H31F3IN5O6S4. The number of methoxy groups -OCH3 is 1. The van der Waals surface area contributed by atoms with E-state index < -0.39 is 27.3 Å². The Kier molecular flexibility index (Phi) is 15.8. The van der Waals surface area contributed by atoms with Gasteiger partial charge in [0.1, 0.15) is 23.1 Å². The van der Waals surface area contributed by atoms with Gasteiger partial charge in [0, 0.05) is 49.9 Å². The topological polar surface area (TPSA) is 138 Å². The molecule has 0 fully saturated rings. The monoisotopic (exact) mass is 821 g/mol. The Bertz CT molecular complexity index is 1750. The van der Waals surface area contributed by atoms with Gasteiger partial charge in [-0.2, -0.15) is 35.6 Å². The van der Waals surface area contributed by atoms with Gasteiger partial charge >= 0.3 is 21.7 Å². The number of pyridine rings is 1. The Labute approximate surface area is 285 Å². The van der Waals surface area contributed by atoms with Crippen LogP contribution in [0.2, 0.25) is 0 Å². The van der Waals surface area contributed by atoms with E-state index in [2.05, 4.69) is 37.0 Å². The third kappa shape index (κ3) is 10.8. The van der Waals surface area contributed by atoms with Crippen LogP contribution >= 0.6 is 53.7 Å². The van der Waals surface area contributed by atoms with E-state index in [1.165, 1.54) is 25.8 Å². The summed E-state index contributed by atoms with van der Waals surface area (Å²) in [5.41, 5.74) is -2.54. The number of fused-ring (bicyclic) bond motifs is 2. The number of ether oxygens (including phenoxy) is 2. The standard InChI is InChI=1S/C23H23N5O3.C2H6.CF3IO3S2.H2S2/c1-14-10-19(30-5)18(13-27-12-15-6-7-16(11-24)25-21(15)26-27)17-8-9-28(20(14)17)22(29)31-23(2,3)4;1-2;2-1(3,4)10(6,7)8-9-5;1-2/h6-10,12H,13H2,1-5H3;1-2H3;;1-2H. The number of carbonyl (C=O) groups is 1. The van der Waals surface area contributed by atoms with Gasteiger partial charge in [-0.3, -0.25) is 9.25 Å². The van der Waals surface area contributed by atoms with Crippen LogP contribution in [0.15, 0.2) is 36.7 Å². The second-order valence-corrected chi connectivity index (χ2v) is 12.5. The van der Waals surface area contributed by atoms with Crippen molar-refractivity contribution in [2.45, 2.75) is 59.2 Å². The lowest BCUT2D eigenvalue weighted by molar-refractivity contribution is -0.0493. The zero-order chi connectivity index (χ0) is 34.8. The Balaban J connectivity index is 0.000000615. The van der Waals surface area contributed by atoms with Crippen molar-refractivity contribution in [2.24, 2.45) is 0 Å². The van der Waals surface area contributed by atoms with Gasteiger partial charge in [0.05, 0.1) is 28.4 Å². The van der Waals surface area contributed by atoms with Crippen molar-refractivity contribution < 1.29 is 39.5 Å². The third-order valence-corrected chi connectivity index (χ3v) is 8.10. The number of halogens is 4. The second kappa shape index (κ2) is 17.5. The number of rotatable bonds is 5. The van der Waals surface area contributed by atoms with E-state index in [0.717, 1.165) is 27.4 Å². The molecule has 3 aromatic heterocycles. The minimum Gasteiger partial charge on any atom is -0.496 e. The predicted octanol–water partition coefficient (Wildman–Crippen LogP) is 8.04. The zero-order valence-electron chi connectivity index (χ0n) is 25.1. The number of hydrogen-bond acceptors (Lipinski definition) is 12. The molecule has 0 atom stereocenters. The molecule has 0 aliphatic heterocycles. The highest BCUT2D eigenvalue weighted by atomic mass is 127. The molecule has 1 aromatic carbocycles. The van der Waals surface area contributed by atoms with E-state index in [1.807, 2.05) is 72.0 Å². The van der Waals surface area contributed by atoms with Gasteiger partial charge in [-0.1, -0.05) is 13.8 Å². The van der Waals surface area contributed by atoms with E-state index >= 15 is 0 Å². The summed E-state index contributed by atoms with van der Waals surface area (Å²) >= 11 is 7.71. The molecule has 45 heavy (non-hydrogen) atoms. The van der Waals surface area contributed by atoms with Gasteiger partial charge in [0.15, 0.2) is 5.65 Å². The molecule has 0 radical (unpaired) electrons. The number of alkyl halides is 3. The molecule has 19 heteroatoms. The van der Waals surface area contributed by atoms with Gasteiger partial charge in [0.25, 0.3) is 0 Å². The fourth-order valence-corrected chi connectivity index (χ4v) is 6.02. The van der Waals surface area contributed by atoms with Crippen molar-refractivity contribution in [1.82, 2.24) is 19.3 Å². The highest BCUT2D eigenvalue weighted by Crippen LogP contribution is 2.33. The first-order valence-corrected chi connectivity index (χ1v) is 18.9. The lowest BCUT2D eigenvalue weighted by Crippen LogP contribution is -2.26. The van der Waals surface area contributed by atoms with Crippen LogP contribution in [0.5, 0.6) is 5.75 Å². The van der Waals surface area contributed by atoms with Crippen molar-refractivity contribution in [3.8, 4) is 11.8 Å². The summed E-state index contributed by atoms with van der Waals surface area (Å²) in [6.45, 7) is 11.9. The molecule has 0 amide bonds. The summed E-state index contributed by atoms with van der Waals surface area (Å²) in [4.78, 5) is 17.0. The second-order valence-electron chi connectivity index (χ2n) is 9.38. The minimum absolute atomic E-state index is 0.0975. The molecule has 0 saturated heterocycles. The van der Waals surface area contributed by atoms with E-state index in [1.54, 1.807) is 24.1 Å². The molecule has 0 spiro atoms. The quantitative estimate of drug-likeness (QED) is 0.0669. The lowest BCUT2D eigenvalue weighted by atomic mass is 10.0. The van der Waals surface area contributed by atoms with Crippen molar-refractivity contribution in [1.29, 1.82) is 5.26 Å². The van der Waals surface area contributed by atoms with Crippen molar-refractivity contribution >= 4 is 91.9 Å². The van der Waals surface area contributed by atoms with Gasteiger partial charge in [-0.05, 0) is 57.5 Å². The number of hydrogen-bond donors (Lipinski definition) is 2. The maximum absolute atomic E-state index is 12.7. The highest BCUT2D eigenvalue weighted by molar-refractivity contribution is 14.2. The normalized spacial score (nSPS) is 11.3. The molecule has 4 rings (SSSR count). The first kappa shape index (κ1) is 40.6. The third-order valence-electron chi connectivity index (χ3n) is 5.29. The molecule has 0 aliphatic carbocycles. The van der Waals surface area contributed by atoms with Crippen LogP contribution in [0.1, 0.15) is 51.4 Å². The highest BCUT2D eigenvalue weighted by Gasteiger charge is 2.47. The molecule has 0 N–H and O–H groups in total. The van der Waals surface area contributed by atoms with E-state index in [-0.39, 0.29) is 9.21 Å². The fourth-order valence-electron chi connectivity index (χ4n) is 3.70. The largest absolute Gasteiger partial charge is 0.524 e. The van der Waals surface area contributed by atoms with Gasteiger partial charge in [-0.25, -0.2) is 9.78 Å². The first-order chi connectivity index (χ1) is 21.0. The first-order valence-electron chi connectivity index (χ1n) is 12.6. The van der Waals surface area contributed by atoms with Gasteiger partial charge < -0.3 is 9.47 Å². The summed E-state index contributed by atoms with van der Waals surface area (Å²) in [5, 5.41) is 15.3. The summed E-state index contributed by atoms with van der Waals surface area (Å²) in [6, 6.07) is 9.32. The average molecular weight is 822 g/mol.